The summed E-state index contributed by atoms with van der Waals surface area (Å²) in [5.74, 6) is -5.13. The number of carbonyl (C=O) groups excluding carboxylic acids is 3. The van der Waals surface area contributed by atoms with E-state index in [1.54, 1.807) is 44.2 Å². The summed E-state index contributed by atoms with van der Waals surface area (Å²) in [4.78, 5) is 64.6. The van der Waals surface area contributed by atoms with Crippen LogP contribution in [-0.2, 0) is 42.2 Å². The maximum atomic E-state index is 13.9. The molecule has 12 nitrogen and oxygen atoms in total. The fraction of sp³-hybridized carbons (Fsp3) is 0.514. The number of carboxylic acids is 2. The van der Waals surface area contributed by atoms with Crippen LogP contribution in [0.2, 0.25) is 0 Å². The van der Waals surface area contributed by atoms with Gasteiger partial charge in [0, 0.05) is 12.0 Å². The van der Waals surface area contributed by atoms with E-state index < -0.39 is 71.6 Å². The fourth-order valence-corrected chi connectivity index (χ4v) is 7.69. The van der Waals surface area contributed by atoms with Crippen molar-refractivity contribution < 1.29 is 44.4 Å². The number of carbonyl (C=O) groups is 5. The molecule has 1 saturated carbocycles. The van der Waals surface area contributed by atoms with Crippen LogP contribution >= 0.6 is 0 Å². The summed E-state index contributed by atoms with van der Waals surface area (Å²) in [6.45, 7) is 6.18. The van der Waals surface area contributed by atoms with Crippen LogP contribution < -0.4 is 16.0 Å². The van der Waals surface area contributed by atoms with E-state index in [-0.39, 0.29) is 24.5 Å². The number of benzene rings is 2. The number of phenols is 1. The molecule has 2 aliphatic rings. The lowest BCUT2D eigenvalue weighted by atomic mass is 9.48. The van der Waals surface area contributed by atoms with E-state index in [9.17, 15) is 44.4 Å². The summed E-state index contributed by atoms with van der Waals surface area (Å²) in [6, 6.07) is 7.95. The number of nitrogens with one attached hydrogen (secondary N) is 3. The van der Waals surface area contributed by atoms with Crippen molar-refractivity contribution in [1.29, 1.82) is 0 Å². The first-order valence-electron chi connectivity index (χ1n) is 16.0. The Morgan fingerprint density at radius 2 is 1.68 bits per heavy atom. The highest BCUT2D eigenvalue weighted by Crippen LogP contribution is 2.60. The van der Waals surface area contributed by atoms with Crippen LogP contribution in [0, 0.1) is 18.3 Å². The van der Waals surface area contributed by atoms with Crippen LogP contribution in [0.3, 0.4) is 0 Å². The Labute approximate surface area is 274 Å². The van der Waals surface area contributed by atoms with Crippen molar-refractivity contribution in [3.05, 3.63) is 64.2 Å². The Morgan fingerprint density at radius 3 is 2.28 bits per heavy atom. The minimum absolute atomic E-state index is 0.0197. The van der Waals surface area contributed by atoms with E-state index in [0.29, 0.717) is 42.4 Å². The minimum Gasteiger partial charge on any atom is -0.507 e. The van der Waals surface area contributed by atoms with Gasteiger partial charge in [-0.25, -0.2) is 4.79 Å². The zero-order valence-electron chi connectivity index (χ0n) is 27.3. The lowest BCUT2D eigenvalue weighted by Gasteiger charge is -2.53. The molecular weight excluding hydrogens is 606 g/mol. The van der Waals surface area contributed by atoms with Crippen molar-refractivity contribution in [2.45, 2.75) is 89.6 Å². The van der Waals surface area contributed by atoms with Gasteiger partial charge in [0.05, 0.1) is 18.6 Å². The van der Waals surface area contributed by atoms with Crippen molar-refractivity contribution >= 4 is 29.7 Å². The molecule has 3 amide bonds. The minimum atomic E-state index is -1.57. The molecule has 1 fully saturated rings. The van der Waals surface area contributed by atoms with Gasteiger partial charge in [0.2, 0.25) is 17.7 Å². The number of hydrogen-bond acceptors (Lipinski definition) is 7. The number of hydrogen-bond donors (Lipinski definition) is 7. The Balaban J connectivity index is 1.55. The molecule has 0 saturated heterocycles. The van der Waals surface area contributed by atoms with Crippen LogP contribution in [0.25, 0.3) is 0 Å². The van der Waals surface area contributed by atoms with Gasteiger partial charge in [0.1, 0.15) is 23.2 Å². The topological polar surface area (TPSA) is 202 Å². The quantitative estimate of drug-likeness (QED) is 0.180. The van der Waals surface area contributed by atoms with Crippen LogP contribution in [0.4, 0.5) is 0 Å². The Morgan fingerprint density at radius 1 is 1.00 bits per heavy atom. The van der Waals surface area contributed by atoms with Gasteiger partial charge < -0.3 is 36.4 Å². The zero-order chi connectivity index (χ0) is 34.7. The summed E-state index contributed by atoms with van der Waals surface area (Å²) in [6.07, 6.45) is 1.98. The van der Waals surface area contributed by atoms with Gasteiger partial charge in [0.15, 0.2) is 0 Å². The average molecular weight is 652 g/mol. The number of aliphatic hydroxyl groups excluding tert-OH is 1. The second-order valence-corrected chi connectivity index (χ2v) is 13.3. The number of aromatic hydroxyl groups is 1. The van der Waals surface area contributed by atoms with Crippen molar-refractivity contribution in [3.8, 4) is 5.75 Å². The summed E-state index contributed by atoms with van der Waals surface area (Å²) in [5, 5.41) is 48.3. The van der Waals surface area contributed by atoms with Crippen molar-refractivity contribution in [1.82, 2.24) is 16.0 Å². The van der Waals surface area contributed by atoms with Gasteiger partial charge >= 0.3 is 11.9 Å². The molecule has 0 spiro atoms. The average Bonchev–Trinajstić information content (AvgIpc) is 3.03. The summed E-state index contributed by atoms with van der Waals surface area (Å²) < 4.78 is 0. The second-order valence-electron chi connectivity index (χ2n) is 13.3. The first kappa shape index (κ1) is 35.4. The number of aryl methyl sites for hydroxylation is 1. The largest absolute Gasteiger partial charge is 0.507 e. The molecule has 5 atom stereocenters. The van der Waals surface area contributed by atoms with E-state index in [1.807, 2.05) is 19.9 Å². The third-order valence-corrected chi connectivity index (χ3v) is 10.1. The van der Waals surface area contributed by atoms with Crippen molar-refractivity contribution in [3.63, 3.8) is 0 Å². The smallest absolute Gasteiger partial charge is 0.328 e. The molecule has 2 aliphatic carbocycles. The molecule has 0 aliphatic heterocycles. The number of fused-ring (bicyclic) bond motifs is 3. The highest BCUT2D eigenvalue weighted by molar-refractivity contribution is 5.94. The van der Waals surface area contributed by atoms with Crippen LogP contribution in [-0.4, -0.2) is 75.3 Å². The van der Waals surface area contributed by atoms with E-state index in [2.05, 4.69) is 16.0 Å². The monoisotopic (exact) mass is 651 g/mol. The first-order chi connectivity index (χ1) is 22.2. The number of amides is 3. The Bertz CT molecular complexity index is 1540. The lowest BCUT2D eigenvalue weighted by molar-refractivity contribution is -0.157. The normalized spacial score (nSPS) is 23.1. The van der Waals surface area contributed by atoms with E-state index in [1.165, 1.54) is 0 Å². The maximum Gasteiger partial charge on any atom is 0.328 e. The molecule has 254 valence electrons. The zero-order valence-corrected chi connectivity index (χ0v) is 27.3. The first-order valence-corrected chi connectivity index (χ1v) is 16.0. The molecule has 0 aromatic heterocycles. The van der Waals surface area contributed by atoms with Crippen molar-refractivity contribution in [2.75, 3.05) is 13.2 Å². The number of carboxylic acid groups (broad SMARTS) is 2. The summed E-state index contributed by atoms with van der Waals surface area (Å²) in [7, 11) is 0. The standard InChI is InChI=1S/C35H45N3O9/c1-19(2)23-16-22-11-12-26-34(4,13-8-14-35(26,33(46)47)28(22)29(41)20(23)3)32(45)36-17-27(40)37-24(15-21-9-6-5-7-10-21)30(42)38-25(18-39)31(43)44/h5-7,9-10,16,19,24-26,39,41H,8,11-15,17-18H2,1-4H3,(H,36,45)(H,37,40)(H,38,42)(H,43,44)(H,46,47). The molecule has 0 heterocycles. The number of rotatable bonds is 12. The summed E-state index contributed by atoms with van der Waals surface area (Å²) >= 11 is 0. The lowest BCUT2D eigenvalue weighted by Crippen LogP contribution is -2.60. The molecular formula is C35H45N3O9. The van der Waals surface area contributed by atoms with Crippen molar-refractivity contribution in [2.24, 2.45) is 11.3 Å². The Hall–Kier alpha value is -4.45. The van der Waals surface area contributed by atoms with Crippen LogP contribution in [0.1, 0.15) is 80.2 Å². The van der Waals surface area contributed by atoms with E-state index in [4.69, 9.17) is 0 Å². The fourth-order valence-electron chi connectivity index (χ4n) is 7.69. The van der Waals surface area contributed by atoms with Gasteiger partial charge in [-0.3, -0.25) is 19.2 Å². The molecule has 5 unspecified atom stereocenters. The molecule has 47 heavy (non-hydrogen) atoms. The highest BCUT2D eigenvalue weighted by Gasteiger charge is 2.62. The number of aliphatic hydroxyl groups is 1. The maximum absolute atomic E-state index is 13.9. The highest BCUT2D eigenvalue weighted by atomic mass is 16.4. The third-order valence-electron chi connectivity index (χ3n) is 10.1. The van der Waals surface area contributed by atoms with Gasteiger partial charge in [-0.15, -0.1) is 0 Å². The molecule has 12 heteroatoms. The molecule has 0 radical (unpaired) electrons. The number of phenolic OH excluding ortho intramolecular Hbond substituents is 1. The van der Waals surface area contributed by atoms with Gasteiger partial charge in [-0.2, -0.15) is 0 Å². The summed E-state index contributed by atoms with van der Waals surface area (Å²) in [5.41, 5.74) is 0.779. The Kier molecular flexibility index (Phi) is 10.6. The van der Waals surface area contributed by atoms with Gasteiger partial charge in [-0.1, -0.05) is 63.6 Å². The van der Waals surface area contributed by atoms with E-state index in [0.717, 1.165) is 11.1 Å². The molecule has 2 aromatic rings. The third kappa shape index (κ3) is 6.83. The van der Waals surface area contributed by atoms with Crippen LogP contribution in [0.5, 0.6) is 5.75 Å². The van der Waals surface area contributed by atoms with Gasteiger partial charge in [0.25, 0.3) is 0 Å². The molecule has 4 rings (SSSR count). The van der Waals surface area contributed by atoms with Gasteiger partial charge in [-0.05, 0) is 66.7 Å². The van der Waals surface area contributed by atoms with Crippen LogP contribution in [0.15, 0.2) is 36.4 Å². The molecule has 7 N–H and O–H groups in total. The number of aliphatic carboxylic acids is 2. The predicted octanol–water partition coefficient (Wildman–Crippen LogP) is 2.30. The van der Waals surface area contributed by atoms with E-state index >= 15 is 0 Å². The second kappa shape index (κ2) is 14.1. The molecule has 0 bridgehead atoms. The SMILES string of the molecule is Cc1c(C(C)C)cc2c(c1O)C1(C(=O)O)CCCC(C)(C(=O)NCC(=O)NC(Cc3ccccc3)C(=O)NC(CO)C(=O)O)C1CC2. The predicted molar refractivity (Wildman–Crippen MR) is 172 cm³/mol. The molecule has 2 aromatic carbocycles.